The van der Waals surface area contributed by atoms with Gasteiger partial charge in [-0.2, -0.15) is 9.97 Å². The van der Waals surface area contributed by atoms with E-state index in [4.69, 9.17) is 11.5 Å². The lowest BCUT2D eigenvalue weighted by atomic mass is 10.2. The predicted octanol–water partition coefficient (Wildman–Crippen LogP) is 2.17. The van der Waals surface area contributed by atoms with Crippen molar-refractivity contribution in [3.63, 3.8) is 0 Å². The van der Waals surface area contributed by atoms with E-state index < -0.39 is 0 Å². The Morgan fingerprint density at radius 2 is 1.35 bits per heavy atom. The van der Waals surface area contributed by atoms with Crippen LogP contribution in [0.5, 0.6) is 0 Å². The number of nitrogens with zero attached hydrogens (tertiary/aromatic N) is 6. The van der Waals surface area contributed by atoms with Crippen molar-refractivity contribution in [3.8, 4) is 0 Å². The topological polar surface area (TPSA) is 148 Å². The minimum absolute atomic E-state index is 0.0671. The highest BCUT2D eigenvalue weighted by atomic mass is 79.9. The van der Waals surface area contributed by atoms with Crippen molar-refractivity contribution >= 4 is 49.9 Å². The summed E-state index contributed by atoms with van der Waals surface area (Å²) in [7, 11) is 0. The van der Waals surface area contributed by atoms with Gasteiger partial charge in [0.05, 0.1) is 15.9 Å². The van der Waals surface area contributed by atoms with Gasteiger partial charge in [-0.05, 0) is 55.8 Å². The summed E-state index contributed by atoms with van der Waals surface area (Å²) in [5.74, 6) is 0.390. The smallest absolute Gasteiger partial charge is 0.266 e. The SMILES string of the molecule is CCn1c(=O)c(Br)cc2c(C)nc(N)nc21.CCn1c(=O)ccc2c(C)nc(N)nc21. The number of hydrogen-bond acceptors (Lipinski definition) is 8. The van der Waals surface area contributed by atoms with E-state index in [1.165, 1.54) is 6.07 Å². The van der Waals surface area contributed by atoms with E-state index in [9.17, 15) is 9.59 Å². The largest absolute Gasteiger partial charge is 0.368 e. The Kier molecular flexibility index (Phi) is 6.34. The zero-order valence-electron chi connectivity index (χ0n) is 17.7. The lowest BCUT2D eigenvalue weighted by molar-refractivity contribution is 0.745. The highest BCUT2D eigenvalue weighted by molar-refractivity contribution is 9.10. The standard InChI is InChI=1S/C10H11BrN4O.C10H12N4O/c1-3-15-8-6(4-7(11)9(15)16)5(2)13-10(12)14-8;1-3-14-8(15)5-4-7-6(2)12-10(11)13-9(7)14/h4H,3H2,1-2H3,(H2,12,13,14);4-5H,3H2,1-2H3,(H2,11,12,13). The Hall–Kier alpha value is -3.34. The first-order chi connectivity index (χ1) is 14.7. The van der Waals surface area contributed by atoms with Crippen molar-refractivity contribution in [2.75, 3.05) is 11.5 Å². The Balaban J connectivity index is 0.000000176. The molecular weight excluding hydrogens is 464 g/mol. The molecule has 0 aliphatic carbocycles. The van der Waals surface area contributed by atoms with E-state index in [2.05, 4.69) is 35.9 Å². The highest BCUT2D eigenvalue weighted by Crippen LogP contribution is 2.18. The third-order valence-corrected chi connectivity index (χ3v) is 5.36. The number of fused-ring (bicyclic) bond motifs is 2. The monoisotopic (exact) mass is 486 g/mol. The van der Waals surface area contributed by atoms with Crippen molar-refractivity contribution in [1.82, 2.24) is 29.1 Å². The molecule has 11 heteroatoms. The Morgan fingerprint density at radius 3 is 1.90 bits per heavy atom. The van der Waals surface area contributed by atoms with Crippen LogP contribution in [0.2, 0.25) is 0 Å². The van der Waals surface area contributed by atoms with Crippen LogP contribution in [-0.4, -0.2) is 29.1 Å². The fraction of sp³-hybridized carbons (Fsp3) is 0.300. The third kappa shape index (κ3) is 4.26. The number of anilines is 2. The fourth-order valence-electron chi connectivity index (χ4n) is 3.31. The van der Waals surface area contributed by atoms with Gasteiger partial charge in [0, 0.05) is 29.9 Å². The molecule has 4 rings (SSSR count). The van der Waals surface area contributed by atoms with Gasteiger partial charge in [0.2, 0.25) is 11.9 Å². The van der Waals surface area contributed by atoms with Gasteiger partial charge in [-0.3, -0.25) is 18.7 Å². The van der Waals surface area contributed by atoms with Gasteiger partial charge in [0.15, 0.2) is 0 Å². The van der Waals surface area contributed by atoms with Gasteiger partial charge in [0.1, 0.15) is 11.3 Å². The van der Waals surface area contributed by atoms with E-state index in [0.29, 0.717) is 28.9 Å². The minimum Gasteiger partial charge on any atom is -0.368 e. The molecule has 4 heterocycles. The molecule has 0 aromatic carbocycles. The molecule has 0 saturated carbocycles. The summed E-state index contributed by atoms with van der Waals surface area (Å²) in [5, 5.41) is 1.70. The van der Waals surface area contributed by atoms with Gasteiger partial charge >= 0.3 is 0 Å². The third-order valence-electron chi connectivity index (χ3n) is 4.79. The Morgan fingerprint density at radius 1 is 0.839 bits per heavy atom. The Labute approximate surface area is 186 Å². The van der Waals surface area contributed by atoms with E-state index >= 15 is 0 Å². The summed E-state index contributed by atoms with van der Waals surface area (Å²) in [6.45, 7) is 8.61. The summed E-state index contributed by atoms with van der Waals surface area (Å²) < 4.78 is 3.67. The molecule has 162 valence electrons. The van der Waals surface area contributed by atoms with Gasteiger partial charge < -0.3 is 11.5 Å². The zero-order valence-corrected chi connectivity index (χ0v) is 19.3. The van der Waals surface area contributed by atoms with Crippen LogP contribution in [0.4, 0.5) is 11.9 Å². The molecule has 31 heavy (non-hydrogen) atoms. The molecule has 0 spiro atoms. The molecular formula is C20H23BrN8O2. The van der Waals surface area contributed by atoms with Crippen LogP contribution in [-0.2, 0) is 13.1 Å². The maximum Gasteiger partial charge on any atom is 0.266 e. The quantitative estimate of drug-likeness (QED) is 0.437. The lowest BCUT2D eigenvalue weighted by Crippen LogP contribution is -2.21. The van der Waals surface area contributed by atoms with Crippen molar-refractivity contribution < 1.29 is 0 Å². The van der Waals surface area contributed by atoms with Crippen LogP contribution in [0.1, 0.15) is 25.2 Å². The number of nitrogens with two attached hydrogens (primary N) is 2. The molecule has 0 fully saturated rings. The summed E-state index contributed by atoms with van der Waals surface area (Å²) in [6.07, 6.45) is 0. The normalized spacial score (nSPS) is 10.9. The summed E-state index contributed by atoms with van der Waals surface area (Å²) in [5.41, 5.74) is 13.7. The van der Waals surface area contributed by atoms with Gasteiger partial charge in [-0.25, -0.2) is 9.97 Å². The molecule has 10 nitrogen and oxygen atoms in total. The van der Waals surface area contributed by atoms with Crippen LogP contribution in [0.15, 0.2) is 32.3 Å². The van der Waals surface area contributed by atoms with E-state index in [0.717, 1.165) is 22.2 Å². The van der Waals surface area contributed by atoms with Gasteiger partial charge in [-0.1, -0.05) is 0 Å². The predicted molar refractivity (Wildman–Crippen MR) is 125 cm³/mol. The molecule has 0 saturated heterocycles. The number of aromatic nitrogens is 6. The maximum atomic E-state index is 11.9. The number of halogens is 1. The van der Waals surface area contributed by atoms with E-state index in [-0.39, 0.29) is 23.0 Å². The molecule has 0 amide bonds. The molecule has 0 bridgehead atoms. The molecule has 0 atom stereocenters. The maximum absolute atomic E-state index is 11.9. The van der Waals surface area contributed by atoms with Crippen LogP contribution >= 0.6 is 15.9 Å². The second-order valence-corrected chi connectivity index (χ2v) is 7.62. The number of aryl methyl sites for hydroxylation is 4. The molecule has 0 aliphatic heterocycles. The Bertz CT molecular complexity index is 1410. The first-order valence-corrected chi connectivity index (χ1v) is 10.4. The highest BCUT2D eigenvalue weighted by Gasteiger charge is 2.11. The van der Waals surface area contributed by atoms with Crippen LogP contribution in [0.25, 0.3) is 22.1 Å². The fourth-order valence-corrected chi connectivity index (χ4v) is 3.76. The number of nitrogen functional groups attached to an aromatic ring is 2. The average Bonchev–Trinajstić information content (AvgIpc) is 2.70. The molecule has 0 unspecified atom stereocenters. The molecule has 0 radical (unpaired) electrons. The van der Waals surface area contributed by atoms with Crippen molar-refractivity contribution in [3.05, 3.63) is 54.8 Å². The molecule has 4 N–H and O–H groups in total. The number of hydrogen-bond donors (Lipinski definition) is 2. The summed E-state index contributed by atoms with van der Waals surface area (Å²) in [4.78, 5) is 39.8. The van der Waals surface area contributed by atoms with Crippen LogP contribution < -0.4 is 22.6 Å². The van der Waals surface area contributed by atoms with Crippen molar-refractivity contribution in [2.45, 2.75) is 40.8 Å². The summed E-state index contributed by atoms with van der Waals surface area (Å²) in [6, 6.07) is 5.00. The lowest BCUT2D eigenvalue weighted by Gasteiger charge is -2.09. The molecule has 0 aliphatic rings. The zero-order chi connectivity index (χ0) is 22.9. The van der Waals surface area contributed by atoms with E-state index in [1.807, 2.05) is 27.7 Å². The summed E-state index contributed by atoms with van der Waals surface area (Å²) >= 11 is 3.24. The molecule has 4 aromatic rings. The van der Waals surface area contributed by atoms with Crippen molar-refractivity contribution in [1.29, 1.82) is 0 Å². The van der Waals surface area contributed by atoms with Gasteiger partial charge in [0.25, 0.3) is 11.1 Å². The number of pyridine rings is 2. The first kappa shape index (κ1) is 22.3. The van der Waals surface area contributed by atoms with E-state index in [1.54, 1.807) is 21.3 Å². The second kappa shape index (κ2) is 8.80. The van der Waals surface area contributed by atoms with Crippen LogP contribution in [0, 0.1) is 13.8 Å². The molecule has 4 aromatic heterocycles. The number of rotatable bonds is 2. The average molecular weight is 487 g/mol. The second-order valence-electron chi connectivity index (χ2n) is 6.77. The first-order valence-electron chi connectivity index (χ1n) is 9.64. The van der Waals surface area contributed by atoms with Gasteiger partial charge in [-0.15, -0.1) is 0 Å². The van der Waals surface area contributed by atoms with Crippen LogP contribution in [0.3, 0.4) is 0 Å². The minimum atomic E-state index is -0.104. The van der Waals surface area contributed by atoms with Crippen molar-refractivity contribution in [2.24, 2.45) is 0 Å².